The second-order valence-electron chi connectivity index (χ2n) is 6.51. The first-order chi connectivity index (χ1) is 14.2. The van der Waals surface area contributed by atoms with Gasteiger partial charge >= 0.3 is 5.69 Å². The van der Waals surface area contributed by atoms with Crippen molar-refractivity contribution in [1.82, 2.24) is 9.78 Å². The maximum absolute atomic E-state index is 12.6. The van der Waals surface area contributed by atoms with Crippen molar-refractivity contribution in [1.29, 1.82) is 0 Å². The SMILES string of the molecule is Cc1ccc(Oc2cc(NC(=O)c3nn(C)c(C)c3[N+](=O)[O-])cc([N+](=O)[O-])c2)cc1. The number of non-ortho nitro benzene ring substituents is 1. The van der Waals surface area contributed by atoms with E-state index in [0.29, 0.717) is 5.75 Å². The number of carbonyl (C=O) groups excluding carboxylic acids is 1. The Balaban J connectivity index is 1.94. The van der Waals surface area contributed by atoms with Crippen molar-refractivity contribution >= 4 is 23.0 Å². The van der Waals surface area contributed by atoms with Gasteiger partial charge in [-0.15, -0.1) is 0 Å². The molecule has 154 valence electrons. The molecule has 0 unspecified atom stereocenters. The molecule has 1 amide bonds. The topological polar surface area (TPSA) is 142 Å². The summed E-state index contributed by atoms with van der Waals surface area (Å²) in [5.41, 5.74) is 0.105. The third kappa shape index (κ3) is 4.24. The van der Waals surface area contributed by atoms with E-state index >= 15 is 0 Å². The molecule has 0 radical (unpaired) electrons. The molecule has 0 fully saturated rings. The molecular weight excluding hydrogens is 394 g/mol. The van der Waals surface area contributed by atoms with Crippen molar-refractivity contribution in [2.24, 2.45) is 7.05 Å². The lowest BCUT2D eigenvalue weighted by atomic mass is 10.2. The van der Waals surface area contributed by atoms with Crippen molar-refractivity contribution in [2.45, 2.75) is 13.8 Å². The summed E-state index contributed by atoms with van der Waals surface area (Å²) < 4.78 is 6.87. The van der Waals surface area contributed by atoms with Crippen molar-refractivity contribution < 1.29 is 19.4 Å². The minimum atomic E-state index is -0.868. The van der Waals surface area contributed by atoms with Crippen molar-refractivity contribution in [2.75, 3.05) is 5.32 Å². The van der Waals surface area contributed by atoms with E-state index in [-0.39, 0.29) is 22.8 Å². The zero-order valence-corrected chi connectivity index (χ0v) is 16.3. The van der Waals surface area contributed by atoms with E-state index in [9.17, 15) is 25.0 Å². The van der Waals surface area contributed by atoms with Crippen LogP contribution in [0.1, 0.15) is 21.7 Å². The standard InChI is InChI=1S/C19H17N5O6/c1-11-4-6-15(7-5-11)30-16-9-13(8-14(10-16)23(26)27)20-19(25)17-18(24(28)29)12(2)22(3)21-17/h4-10H,1-3H3,(H,20,25). The molecule has 3 rings (SSSR count). The zero-order chi connectivity index (χ0) is 22.0. The molecule has 0 saturated carbocycles. The minimum Gasteiger partial charge on any atom is -0.457 e. The summed E-state index contributed by atoms with van der Waals surface area (Å²) in [6, 6.07) is 10.8. The molecule has 2 aromatic carbocycles. The summed E-state index contributed by atoms with van der Waals surface area (Å²) in [7, 11) is 1.47. The third-order valence-corrected chi connectivity index (χ3v) is 4.32. The Kier molecular flexibility index (Phi) is 5.45. The highest BCUT2D eigenvalue weighted by Crippen LogP contribution is 2.31. The molecule has 0 bridgehead atoms. The number of carbonyl (C=O) groups is 1. The molecule has 30 heavy (non-hydrogen) atoms. The normalized spacial score (nSPS) is 10.5. The van der Waals surface area contributed by atoms with Gasteiger partial charge in [0, 0.05) is 19.2 Å². The highest BCUT2D eigenvalue weighted by molar-refractivity contribution is 6.06. The van der Waals surface area contributed by atoms with Crippen molar-refractivity contribution in [3.63, 3.8) is 0 Å². The zero-order valence-electron chi connectivity index (χ0n) is 16.3. The van der Waals surface area contributed by atoms with E-state index in [4.69, 9.17) is 4.74 Å². The fourth-order valence-corrected chi connectivity index (χ4v) is 2.72. The van der Waals surface area contributed by atoms with Gasteiger partial charge in [0.15, 0.2) is 0 Å². The number of rotatable bonds is 6. The molecule has 0 aliphatic rings. The van der Waals surface area contributed by atoms with E-state index in [0.717, 1.165) is 11.6 Å². The maximum atomic E-state index is 12.6. The van der Waals surface area contributed by atoms with Crippen LogP contribution >= 0.6 is 0 Å². The largest absolute Gasteiger partial charge is 0.457 e. The highest BCUT2D eigenvalue weighted by Gasteiger charge is 2.29. The van der Waals surface area contributed by atoms with Crippen LogP contribution in [0.2, 0.25) is 0 Å². The minimum absolute atomic E-state index is 0.0360. The lowest BCUT2D eigenvalue weighted by molar-refractivity contribution is -0.385. The van der Waals surface area contributed by atoms with Gasteiger partial charge in [0.1, 0.15) is 17.2 Å². The Hall–Kier alpha value is -4.28. The fraction of sp³-hybridized carbons (Fsp3) is 0.158. The van der Waals surface area contributed by atoms with Gasteiger partial charge in [-0.05, 0) is 26.0 Å². The Morgan fingerprint density at radius 1 is 1.03 bits per heavy atom. The first kappa shape index (κ1) is 20.5. The molecule has 0 saturated heterocycles. The number of nitrogens with one attached hydrogen (secondary N) is 1. The number of hydrogen-bond acceptors (Lipinski definition) is 7. The number of amides is 1. The fourth-order valence-electron chi connectivity index (χ4n) is 2.72. The lowest BCUT2D eigenvalue weighted by Gasteiger charge is -2.09. The quantitative estimate of drug-likeness (QED) is 0.479. The highest BCUT2D eigenvalue weighted by atomic mass is 16.6. The Morgan fingerprint density at radius 3 is 2.30 bits per heavy atom. The van der Waals surface area contributed by atoms with E-state index in [1.165, 1.54) is 30.8 Å². The summed E-state index contributed by atoms with van der Waals surface area (Å²) in [4.78, 5) is 33.8. The van der Waals surface area contributed by atoms with Gasteiger partial charge in [0.05, 0.1) is 21.6 Å². The van der Waals surface area contributed by atoms with Crippen LogP contribution in [0.3, 0.4) is 0 Å². The monoisotopic (exact) mass is 411 g/mol. The predicted molar refractivity (Wildman–Crippen MR) is 107 cm³/mol. The van der Waals surface area contributed by atoms with E-state index in [2.05, 4.69) is 10.4 Å². The van der Waals surface area contributed by atoms with Gasteiger partial charge in [-0.1, -0.05) is 17.7 Å². The number of ether oxygens (including phenoxy) is 1. The van der Waals surface area contributed by atoms with Crippen LogP contribution < -0.4 is 10.1 Å². The number of nitro benzene ring substituents is 1. The van der Waals surface area contributed by atoms with Crippen LogP contribution in [0.5, 0.6) is 11.5 Å². The first-order valence-corrected chi connectivity index (χ1v) is 8.69. The van der Waals surface area contributed by atoms with Crippen LogP contribution in [0.15, 0.2) is 42.5 Å². The molecule has 0 aliphatic carbocycles. The number of aryl methyl sites for hydroxylation is 2. The van der Waals surface area contributed by atoms with Crippen LogP contribution in [0, 0.1) is 34.1 Å². The van der Waals surface area contributed by atoms with Crippen LogP contribution in [-0.2, 0) is 7.05 Å². The molecule has 1 aromatic heterocycles. The molecule has 1 N–H and O–H groups in total. The maximum Gasteiger partial charge on any atom is 0.322 e. The first-order valence-electron chi connectivity index (χ1n) is 8.69. The number of benzene rings is 2. The molecule has 0 atom stereocenters. The van der Waals surface area contributed by atoms with Gasteiger partial charge in [0.25, 0.3) is 11.6 Å². The second kappa shape index (κ2) is 7.99. The van der Waals surface area contributed by atoms with Gasteiger partial charge in [-0.3, -0.25) is 29.7 Å². The van der Waals surface area contributed by atoms with Crippen molar-refractivity contribution in [3.05, 3.63) is 79.6 Å². The Bertz CT molecular complexity index is 1150. The van der Waals surface area contributed by atoms with E-state index < -0.39 is 27.1 Å². The van der Waals surface area contributed by atoms with Gasteiger partial charge in [-0.25, -0.2) is 0 Å². The molecule has 3 aromatic rings. The van der Waals surface area contributed by atoms with Gasteiger partial charge in [-0.2, -0.15) is 5.10 Å². The molecule has 0 aliphatic heterocycles. The smallest absolute Gasteiger partial charge is 0.322 e. The molecule has 11 nitrogen and oxygen atoms in total. The Morgan fingerprint density at radius 2 is 1.70 bits per heavy atom. The summed E-state index contributed by atoms with van der Waals surface area (Å²) in [6.07, 6.45) is 0. The van der Waals surface area contributed by atoms with Crippen LogP contribution in [-0.4, -0.2) is 25.5 Å². The Labute approximate surface area is 170 Å². The van der Waals surface area contributed by atoms with Crippen LogP contribution in [0.25, 0.3) is 0 Å². The molecule has 1 heterocycles. The second-order valence-corrected chi connectivity index (χ2v) is 6.51. The summed E-state index contributed by atoms with van der Waals surface area (Å²) in [6.45, 7) is 3.37. The molecular formula is C19H17N5O6. The number of nitrogens with zero attached hydrogens (tertiary/aromatic N) is 4. The summed E-state index contributed by atoms with van der Waals surface area (Å²) in [5.74, 6) is -0.295. The predicted octanol–water partition coefficient (Wildman–Crippen LogP) is 3.90. The van der Waals surface area contributed by atoms with Gasteiger partial charge in [0.2, 0.25) is 5.69 Å². The summed E-state index contributed by atoms with van der Waals surface area (Å²) in [5, 5.41) is 28.9. The van der Waals surface area contributed by atoms with Crippen molar-refractivity contribution in [3.8, 4) is 11.5 Å². The van der Waals surface area contributed by atoms with E-state index in [1.807, 2.05) is 19.1 Å². The van der Waals surface area contributed by atoms with Gasteiger partial charge < -0.3 is 10.1 Å². The average molecular weight is 411 g/mol. The summed E-state index contributed by atoms with van der Waals surface area (Å²) >= 11 is 0. The van der Waals surface area contributed by atoms with E-state index in [1.54, 1.807) is 12.1 Å². The number of aromatic nitrogens is 2. The number of nitro groups is 2. The molecule has 0 spiro atoms. The third-order valence-electron chi connectivity index (χ3n) is 4.32. The van der Waals surface area contributed by atoms with Crippen LogP contribution in [0.4, 0.5) is 17.1 Å². The molecule has 11 heteroatoms. The average Bonchev–Trinajstić information content (AvgIpc) is 2.98. The number of hydrogen-bond donors (Lipinski definition) is 1. The lowest BCUT2D eigenvalue weighted by Crippen LogP contribution is -2.14. The number of anilines is 1.